The first-order chi connectivity index (χ1) is 8.16. The van der Waals surface area contributed by atoms with Gasteiger partial charge in [-0.05, 0) is 24.3 Å². The van der Waals surface area contributed by atoms with E-state index in [4.69, 9.17) is 34.8 Å². The van der Waals surface area contributed by atoms with Gasteiger partial charge >= 0.3 is 0 Å². The van der Waals surface area contributed by atoms with Crippen LogP contribution in [0, 0.1) is 0 Å². The number of halogens is 3. The van der Waals surface area contributed by atoms with Crippen LogP contribution in [0.5, 0.6) is 0 Å². The lowest BCUT2D eigenvalue weighted by molar-refractivity contribution is 1.30. The summed E-state index contributed by atoms with van der Waals surface area (Å²) in [7, 11) is 0. The third kappa shape index (κ3) is 3.19. The summed E-state index contributed by atoms with van der Waals surface area (Å²) >= 11 is 17.7. The number of benzene rings is 1. The minimum Gasteiger partial charge on any atom is -0.255 e. The van der Waals surface area contributed by atoms with E-state index in [0.29, 0.717) is 20.8 Å². The van der Waals surface area contributed by atoms with Gasteiger partial charge in [-0.3, -0.25) is 9.98 Å². The van der Waals surface area contributed by atoms with Gasteiger partial charge in [0.15, 0.2) is 0 Å². The Morgan fingerprint density at radius 3 is 2.47 bits per heavy atom. The Hall–Kier alpha value is -1.09. The van der Waals surface area contributed by atoms with E-state index in [9.17, 15) is 0 Å². The van der Waals surface area contributed by atoms with Crippen LogP contribution in [0.15, 0.2) is 41.5 Å². The molecule has 0 saturated carbocycles. The molecular weight excluding hydrogens is 279 g/mol. The van der Waals surface area contributed by atoms with Crippen LogP contribution in [-0.4, -0.2) is 11.2 Å². The molecule has 5 heteroatoms. The van der Waals surface area contributed by atoms with Gasteiger partial charge in [-0.25, -0.2) is 0 Å². The highest BCUT2D eigenvalue weighted by molar-refractivity contribution is 6.43. The Labute approximate surface area is 114 Å². The zero-order chi connectivity index (χ0) is 12.3. The van der Waals surface area contributed by atoms with E-state index in [1.807, 2.05) is 18.2 Å². The van der Waals surface area contributed by atoms with E-state index >= 15 is 0 Å². The summed E-state index contributed by atoms with van der Waals surface area (Å²) in [5.74, 6) is 0. The highest BCUT2D eigenvalue weighted by Crippen LogP contribution is 2.33. The summed E-state index contributed by atoms with van der Waals surface area (Å²) in [6.07, 6.45) is 3.31. The average molecular weight is 286 g/mol. The molecule has 0 aliphatic heterocycles. The molecule has 1 aromatic carbocycles. The van der Waals surface area contributed by atoms with Crippen molar-refractivity contribution in [1.29, 1.82) is 0 Å². The number of rotatable bonds is 2. The van der Waals surface area contributed by atoms with Crippen molar-refractivity contribution in [3.63, 3.8) is 0 Å². The molecule has 2 rings (SSSR count). The highest BCUT2D eigenvalue weighted by atomic mass is 35.5. The average Bonchev–Trinajstić information content (AvgIpc) is 2.33. The molecule has 0 fully saturated rings. The Kier molecular flexibility index (Phi) is 4.00. The van der Waals surface area contributed by atoms with E-state index in [0.717, 1.165) is 5.69 Å². The fourth-order valence-electron chi connectivity index (χ4n) is 1.20. The molecule has 1 aromatic heterocycles. The summed E-state index contributed by atoms with van der Waals surface area (Å²) in [5.41, 5.74) is 1.31. The van der Waals surface area contributed by atoms with Crippen LogP contribution in [0.1, 0.15) is 5.69 Å². The van der Waals surface area contributed by atoms with Gasteiger partial charge in [0.2, 0.25) is 0 Å². The third-order valence-corrected chi connectivity index (χ3v) is 3.04. The van der Waals surface area contributed by atoms with E-state index in [-0.39, 0.29) is 0 Å². The SMILES string of the molecule is Clc1cc(Cl)c(N=Cc2ccccn2)cc1Cl. The standard InChI is InChI=1S/C12H7Cl3N2/c13-9-5-11(15)12(6-10(9)14)17-7-8-3-1-2-4-16-8/h1-7H. The van der Waals surface area contributed by atoms with Crippen molar-refractivity contribution in [3.05, 3.63) is 57.3 Å². The fraction of sp³-hybridized carbons (Fsp3) is 0. The maximum Gasteiger partial charge on any atom is 0.0832 e. The van der Waals surface area contributed by atoms with Gasteiger partial charge in [0.25, 0.3) is 0 Å². The lowest BCUT2D eigenvalue weighted by Gasteiger charge is -2.00. The predicted octanol–water partition coefficient (Wildman–Crippen LogP) is 4.79. The lowest BCUT2D eigenvalue weighted by atomic mass is 10.3. The van der Waals surface area contributed by atoms with E-state index in [1.165, 1.54) is 0 Å². The lowest BCUT2D eigenvalue weighted by Crippen LogP contribution is -1.84. The number of pyridine rings is 1. The molecule has 1 heterocycles. The molecular formula is C12H7Cl3N2. The molecule has 0 N–H and O–H groups in total. The number of hydrogen-bond donors (Lipinski definition) is 0. The molecule has 0 spiro atoms. The summed E-state index contributed by atoms with van der Waals surface area (Å²) in [4.78, 5) is 8.33. The van der Waals surface area contributed by atoms with Gasteiger partial charge in [0, 0.05) is 6.20 Å². The van der Waals surface area contributed by atoms with Crippen LogP contribution in [0.3, 0.4) is 0 Å². The molecule has 0 aliphatic carbocycles. The van der Waals surface area contributed by atoms with Crippen molar-refractivity contribution in [1.82, 2.24) is 4.98 Å². The number of nitrogens with zero attached hydrogens (tertiary/aromatic N) is 2. The molecule has 0 amide bonds. The molecule has 0 aliphatic rings. The Balaban J connectivity index is 2.31. The Morgan fingerprint density at radius 1 is 1.00 bits per heavy atom. The quantitative estimate of drug-likeness (QED) is 0.575. The predicted molar refractivity (Wildman–Crippen MR) is 73.0 cm³/mol. The molecule has 0 unspecified atom stereocenters. The monoisotopic (exact) mass is 284 g/mol. The van der Waals surface area contributed by atoms with Gasteiger partial charge in [-0.15, -0.1) is 0 Å². The topological polar surface area (TPSA) is 25.2 Å². The summed E-state index contributed by atoms with van der Waals surface area (Å²) in [6.45, 7) is 0. The largest absolute Gasteiger partial charge is 0.255 e. The highest BCUT2D eigenvalue weighted by Gasteiger charge is 2.04. The van der Waals surface area contributed by atoms with Crippen molar-refractivity contribution in [2.45, 2.75) is 0 Å². The number of aliphatic imine (C=N–C) groups is 1. The van der Waals surface area contributed by atoms with E-state index < -0.39 is 0 Å². The fourth-order valence-corrected chi connectivity index (χ4v) is 1.79. The van der Waals surface area contributed by atoms with Crippen molar-refractivity contribution >= 4 is 46.7 Å². The maximum absolute atomic E-state index is 5.99. The van der Waals surface area contributed by atoms with Crippen LogP contribution >= 0.6 is 34.8 Å². The van der Waals surface area contributed by atoms with Crippen LogP contribution < -0.4 is 0 Å². The summed E-state index contributed by atoms with van der Waals surface area (Å²) in [5, 5.41) is 1.28. The molecule has 0 atom stereocenters. The molecule has 2 nitrogen and oxygen atoms in total. The van der Waals surface area contributed by atoms with E-state index in [1.54, 1.807) is 24.5 Å². The molecule has 0 bridgehead atoms. The first-order valence-electron chi connectivity index (χ1n) is 4.76. The first kappa shape index (κ1) is 12.4. The smallest absolute Gasteiger partial charge is 0.0832 e. The molecule has 17 heavy (non-hydrogen) atoms. The molecule has 0 radical (unpaired) electrons. The molecule has 86 valence electrons. The molecule has 0 saturated heterocycles. The zero-order valence-corrected chi connectivity index (χ0v) is 10.8. The van der Waals surface area contributed by atoms with Crippen molar-refractivity contribution < 1.29 is 0 Å². The van der Waals surface area contributed by atoms with Crippen LogP contribution in [0.4, 0.5) is 5.69 Å². The minimum absolute atomic E-state index is 0.411. The second-order valence-corrected chi connectivity index (χ2v) is 4.45. The van der Waals surface area contributed by atoms with Crippen molar-refractivity contribution in [2.24, 2.45) is 4.99 Å². The van der Waals surface area contributed by atoms with Gasteiger partial charge in [-0.2, -0.15) is 0 Å². The second kappa shape index (κ2) is 5.50. The van der Waals surface area contributed by atoms with Gasteiger partial charge in [0.05, 0.1) is 32.7 Å². The van der Waals surface area contributed by atoms with E-state index in [2.05, 4.69) is 9.98 Å². The normalized spacial score (nSPS) is 11.0. The van der Waals surface area contributed by atoms with Crippen molar-refractivity contribution in [2.75, 3.05) is 0 Å². The van der Waals surface area contributed by atoms with Gasteiger partial charge in [0.1, 0.15) is 0 Å². The number of aromatic nitrogens is 1. The number of hydrogen-bond acceptors (Lipinski definition) is 2. The second-order valence-electron chi connectivity index (χ2n) is 3.23. The Morgan fingerprint density at radius 2 is 1.76 bits per heavy atom. The van der Waals surface area contributed by atoms with Gasteiger partial charge < -0.3 is 0 Å². The first-order valence-corrected chi connectivity index (χ1v) is 5.90. The zero-order valence-electron chi connectivity index (χ0n) is 8.57. The summed E-state index contributed by atoms with van der Waals surface area (Å²) < 4.78 is 0. The molecule has 2 aromatic rings. The van der Waals surface area contributed by atoms with Crippen LogP contribution in [-0.2, 0) is 0 Å². The Bertz CT molecular complexity index is 553. The van der Waals surface area contributed by atoms with Crippen LogP contribution in [0.2, 0.25) is 15.1 Å². The minimum atomic E-state index is 0.411. The third-order valence-electron chi connectivity index (χ3n) is 2.01. The summed E-state index contributed by atoms with van der Waals surface area (Å²) in [6, 6.07) is 8.74. The van der Waals surface area contributed by atoms with Crippen molar-refractivity contribution in [3.8, 4) is 0 Å². The van der Waals surface area contributed by atoms with Crippen LogP contribution in [0.25, 0.3) is 0 Å². The maximum atomic E-state index is 5.99. The van der Waals surface area contributed by atoms with Gasteiger partial charge in [-0.1, -0.05) is 40.9 Å².